The molecule has 5 rings (SSSR count). The Labute approximate surface area is 194 Å². The van der Waals surface area contributed by atoms with Crippen molar-refractivity contribution < 1.29 is 13.5 Å². The van der Waals surface area contributed by atoms with Crippen LogP contribution < -0.4 is 15.0 Å². The predicted octanol–water partition coefficient (Wildman–Crippen LogP) is 4.69. The van der Waals surface area contributed by atoms with Gasteiger partial charge >= 0.3 is 6.01 Å². The summed E-state index contributed by atoms with van der Waals surface area (Å²) in [6.07, 6.45) is 5.10. The number of aromatic nitrogens is 5. The van der Waals surface area contributed by atoms with Crippen molar-refractivity contribution in [3.05, 3.63) is 53.5 Å². The summed E-state index contributed by atoms with van der Waals surface area (Å²) in [4.78, 5) is 15.2. The van der Waals surface area contributed by atoms with Gasteiger partial charge in [0, 0.05) is 30.9 Å². The Bertz CT molecular complexity index is 1170. The van der Waals surface area contributed by atoms with Gasteiger partial charge < -0.3 is 15.0 Å². The average Bonchev–Trinajstić information content (AvgIpc) is 3.26. The van der Waals surface area contributed by atoms with Crippen LogP contribution in [-0.4, -0.2) is 43.9 Å². The van der Waals surface area contributed by atoms with Crippen LogP contribution in [0.4, 0.5) is 20.5 Å². The zero-order valence-corrected chi connectivity index (χ0v) is 18.6. The van der Waals surface area contributed by atoms with Crippen LogP contribution in [0.3, 0.4) is 0 Å². The highest BCUT2D eigenvalue weighted by atomic mass is 35.5. The zero-order chi connectivity index (χ0) is 22.9. The molecule has 3 heterocycles. The fourth-order valence-electron chi connectivity index (χ4n) is 4.66. The first-order valence-corrected chi connectivity index (χ1v) is 11.0. The fraction of sp³-hybridized carbons (Fsp3) is 0.364. The first-order chi connectivity index (χ1) is 16.0. The summed E-state index contributed by atoms with van der Waals surface area (Å²) in [5, 5.41) is 7.60. The van der Waals surface area contributed by atoms with Crippen molar-refractivity contribution in [3.63, 3.8) is 0 Å². The topological polar surface area (TPSA) is 81.0 Å². The van der Waals surface area contributed by atoms with E-state index in [4.69, 9.17) is 16.3 Å². The third kappa shape index (κ3) is 4.35. The van der Waals surface area contributed by atoms with Gasteiger partial charge in [0.2, 0.25) is 5.95 Å². The number of rotatable bonds is 6. The number of nitrogens with zero attached hydrogens (tertiary/aromatic N) is 6. The van der Waals surface area contributed by atoms with E-state index in [1.54, 1.807) is 12.4 Å². The minimum atomic E-state index is -0.724. The fourth-order valence-corrected chi connectivity index (χ4v) is 4.83. The van der Waals surface area contributed by atoms with E-state index in [9.17, 15) is 8.78 Å². The van der Waals surface area contributed by atoms with Gasteiger partial charge in [0.15, 0.2) is 11.6 Å². The van der Waals surface area contributed by atoms with Crippen LogP contribution >= 0.6 is 11.6 Å². The number of piperidine rings is 1. The van der Waals surface area contributed by atoms with Gasteiger partial charge in [0.1, 0.15) is 18.5 Å². The van der Waals surface area contributed by atoms with Crippen molar-refractivity contribution in [1.29, 1.82) is 0 Å². The molecule has 0 amide bonds. The van der Waals surface area contributed by atoms with Crippen LogP contribution in [0.2, 0.25) is 5.02 Å². The van der Waals surface area contributed by atoms with Crippen LogP contribution in [0.25, 0.3) is 6.20 Å². The van der Waals surface area contributed by atoms with Gasteiger partial charge in [-0.2, -0.15) is 9.67 Å². The largest absolute Gasteiger partial charge is 0.421 e. The van der Waals surface area contributed by atoms with E-state index in [1.165, 1.54) is 12.1 Å². The second-order valence-corrected chi connectivity index (χ2v) is 8.69. The molecule has 11 heteroatoms. The Morgan fingerprint density at radius 1 is 1.21 bits per heavy atom. The minimum absolute atomic E-state index is 0.0752. The number of benzene rings is 1. The van der Waals surface area contributed by atoms with E-state index < -0.39 is 5.82 Å². The molecule has 172 valence electrons. The van der Waals surface area contributed by atoms with E-state index in [-0.39, 0.29) is 22.8 Å². The Morgan fingerprint density at radius 3 is 2.73 bits per heavy atom. The summed E-state index contributed by atoms with van der Waals surface area (Å²) in [5.74, 6) is 1.13. The summed E-state index contributed by atoms with van der Waals surface area (Å²) in [5.41, 5.74) is 0.937. The highest BCUT2D eigenvalue weighted by Crippen LogP contribution is 2.40. The molecule has 3 atom stereocenters. The van der Waals surface area contributed by atoms with E-state index in [1.807, 2.05) is 13.0 Å². The molecule has 33 heavy (non-hydrogen) atoms. The van der Waals surface area contributed by atoms with E-state index in [0.29, 0.717) is 24.1 Å². The minimum Gasteiger partial charge on any atom is -0.421 e. The predicted molar refractivity (Wildman–Crippen MR) is 121 cm³/mol. The molecule has 1 aliphatic heterocycles. The normalized spacial score (nSPS) is 22.2. The van der Waals surface area contributed by atoms with Crippen LogP contribution in [-0.2, 0) is 0 Å². The van der Waals surface area contributed by atoms with Gasteiger partial charge in [0.05, 0.1) is 11.2 Å². The highest BCUT2D eigenvalue weighted by molar-refractivity contribution is 6.30. The van der Waals surface area contributed by atoms with Crippen LogP contribution in [0.1, 0.15) is 18.5 Å². The van der Waals surface area contributed by atoms with Gasteiger partial charge in [-0.25, -0.2) is 18.7 Å². The Hall–Kier alpha value is -3.27. The Kier molecular flexibility index (Phi) is 5.84. The molecule has 2 aromatic heterocycles. The number of ether oxygens (including phenoxy) is 1. The lowest BCUT2D eigenvalue weighted by Gasteiger charge is -2.38. The first-order valence-electron chi connectivity index (χ1n) is 10.7. The number of halogens is 3. The van der Waals surface area contributed by atoms with Gasteiger partial charge in [0.25, 0.3) is 0 Å². The lowest BCUT2D eigenvalue weighted by molar-refractivity contribution is 0.374. The average molecular weight is 474 g/mol. The molecule has 1 aromatic carbocycles. The Balaban J connectivity index is 1.34. The SMILES string of the molecule is Cc1cc(N2C[C@H]3CC[C@@H](C2)C3Nc2nc(Oc3cccc(Cl)c3F)n(/C=C/F)n2)ncn1. The number of anilines is 2. The van der Waals surface area contributed by atoms with Crippen molar-refractivity contribution in [3.8, 4) is 11.8 Å². The summed E-state index contributed by atoms with van der Waals surface area (Å²) >= 11 is 5.82. The molecule has 8 nitrogen and oxygen atoms in total. The maximum atomic E-state index is 14.3. The molecule has 3 aromatic rings. The molecular weight excluding hydrogens is 452 g/mol. The molecule has 1 saturated carbocycles. The van der Waals surface area contributed by atoms with Crippen molar-refractivity contribution >= 4 is 29.6 Å². The molecule has 1 aliphatic carbocycles. The number of nitrogens with one attached hydrogen (secondary N) is 1. The molecule has 2 fully saturated rings. The van der Waals surface area contributed by atoms with Gasteiger partial charge in [-0.1, -0.05) is 17.7 Å². The second-order valence-electron chi connectivity index (χ2n) is 8.28. The molecule has 1 unspecified atom stereocenters. The number of aryl methyl sites for hydroxylation is 1. The summed E-state index contributed by atoms with van der Waals surface area (Å²) < 4.78 is 33.8. The second kappa shape index (κ2) is 8.93. The molecule has 1 saturated heterocycles. The standard InChI is InChI=1S/C22H22ClF2N7O/c1-13-9-18(27-12-26-13)31-10-14-5-6-15(11-31)20(14)28-21-29-22(32(30-21)8-7-24)33-17-4-2-3-16(23)19(17)25/h2-4,7-9,12,14-15,20H,5-6,10-11H2,1H3,(H,28,30)/b8-7+/t14-,15+,20?. The maximum Gasteiger partial charge on any atom is 0.326 e. The van der Waals surface area contributed by atoms with Crippen molar-refractivity contribution in [2.24, 2.45) is 11.8 Å². The number of hydrogen-bond acceptors (Lipinski definition) is 7. The van der Waals surface area contributed by atoms with Gasteiger partial charge in [-0.15, -0.1) is 5.10 Å². The van der Waals surface area contributed by atoms with Crippen LogP contribution in [0.15, 0.2) is 36.9 Å². The number of hydrogen-bond donors (Lipinski definition) is 1. The maximum absolute atomic E-state index is 14.3. The summed E-state index contributed by atoms with van der Waals surface area (Å²) in [6, 6.07) is 6.46. The van der Waals surface area contributed by atoms with Crippen LogP contribution in [0.5, 0.6) is 11.8 Å². The monoisotopic (exact) mass is 473 g/mol. The number of fused-ring (bicyclic) bond motifs is 2. The first kappa shape index (κ1) is 21.6. The lowest BCUT2D eigenvalue weighted by atomic mass is 9.92. The summed E-state index contributed by atoms with van der Waals surface area (Å²) in [7, 11) is 0. The molecule has 0 spiro atoms. The van der Waals surface area contributed by atoms with E-state index in [2.05, 4.69) is 30.3 Å². The zero-order valence-electron chi connectivity index (χ0n) is 17.8. The highest BCUT2D eigenvalue weighted by Gasteiger charge is 2.43. The molecular formula is C22H22ClF2N7O. The van der Waals surface area contributed by atoms with E-state index >= 15 is 0 Å². The molecule has 2 bridgehead atoms. The van der Waals surface area contributed by atoms with Gasteiger partial charge in [-0.3, -0.25) is 0 Å². The summed E-state index contributed by atoms with van der Waals surface area (Å²) in [6.45, 7) is 3.66. The van der Waals surface area contributed by atoms with Gasteiger partial charge in [-0.05, 0) is 43.7 Å². The van der Waals surface area contributed by atoms with Crippen molar-refractivity contribution in [2.45, 2.75) is 25.8 Å². The van der Waals surface area contributed by atoms with Crippen molar-refractivity contribution in [2.75, 3.05) is 23.3 Å². The van der Waals surface area contributed by atoms with Crippen molar-refractivity contribution in [1.82, 2.24) is 24.7 Å². The lowest BCUT2D eigenvalue weighted by Crippen LogP contribution is -2.48. The molecule has 0 radical (unpaired) electrons. The Morgan fingerprint density at radius 2 is 2.00 bits per heavy atom. The third-order valence-electron chi connectivity index (χ3n) is 6.16. The smallest absolute Gasteiger partial charge is 0.326 e. The van der Waals surface area contributed by atoms with E-state index in [0.717, 1.165) is 48.3 Å². The molecule has 2 aliphatic rings. The molecule has 1 N–H and O–H groups in total. The van der Waals surface area contributed by atoms with Crippen LogP contribution in [0, 0.1) is 24.6 Å². The third-order valence-corrected chi connectivity index (χ3v) is 6.45. The quantitative estimate of drug-likeness (QED) is 0.556.